The van der Waals surface area contributed by atoms with E-state index in [0.29, 0.717) is 23.8 Å². The van der Waals surface area contributed by atoms with Crippen molar-refractivity contribution in [1.29, 1.82) is 0 Å². The molecule has 0 amide bonds. The van der Waals surface area contributed by atoms with Crippen LogP contribution in [0.15, 0.2) is 30.6 Å². The highest BCUT2D eigenvalue weighted by Gasteiger charge is 2.06. The van der Waals surface area contributed by atoms with Crippen molar-refractivity contribution in [1.82, 2.24) is 19.6 Å². The lowest BCUT2D eigenvalue weighted by molar-refractivity contribution is 0.417. The van der Waals surface area contributed by atoms with E-state index in [2.05, 4.69) is 20.4 Å². The minimum atomic E-state index is 0.576. The quantitative estimate of drug-likeness (QED) is 0.708. The largest absolute Gasteiger partial charge is 0.495 e. The predicted octanol–water partition coefficient (Wildman–Crippen LogP) is 1.64. The Morgan fingerprint density at radius 2 is 2.19 bits per heavy atom. The number of nitrogens with two attached hydrogens (primary N) is 1. The van der Waals surface area contributed by atoms with Gasteiger partial charge in [0.1, 0.15) is 17.9 Å². The average Bonchev–Trinajstić information content (AvgIpc) is 2.93. The third-order valence-corrected chi connectivity index (χ3v) is 3.15. The van der Waals surface area contributed by atoms with E-state index >= 15 is 0 Å². The standard InChI is InChI=1S/C14H16N6O/c1-9-5-13(20-14(19-9)17-8-18-20)16-7-10-3-4-12(21-2)11(15)6-10/h3-6,8,16H,7,15H2,1-2H3. The van der Waals surface area contributed by atoms with Crippen molar-refractivity contribution in [2.45, 2.75) is 13.5 Å². The van der Waals surface area contributed by atoms with Crippen LogP contribution >= 0.6 is 0 Å². The second kappa shape index (κ2) is 5.28. The number of fused-ring (bicyclic) bond motifs is 1. The fourth-order valence-corrected chi connectivity index (χ4v) is 2.14. The second-order valence-corrected chi connectivity index (χ2v) is 4.68. The first-order valence-corrected chi connectivity index (χ1v) is 6.51. The molecule has 0 fully saturated rings. The van der Waals surface area contributed by atoms with Crippen molar-refractivity contribution in [3.63, 3.8) is 0 Å². The van der Waals surface area contributed by atoms with Gasteiger partial charge in [-0.15, -0.1) is 0 Å². The molecule has 21 heavy (non-hydrogen) atoms. The van der Waals surface area contributed by atoms with Gasteiger partial charge >= 0.3 is 0 Å². The Hall–Kier alpha value is -2.83. The van der Waals surface area contributed by atoms with Crippen LogP contribution in [0.4, 0.5) is 11.5 Å². The lowest BCUT2D eigenvalue weighted by Gasteiger charge is -2.10. The normalized spacial score (nSPS) is 10.8. The molecule has 7 heteroatoms. The maximum absolute atomic E-state index is 5.91. The number of aryl methyl sites for hydroxylation is 1. The Kier molecular flexibility index (Phi) is 3.31. The van der Waals surface area contributed by atoms with Crippen LogP contribution in [-0.2, 0) is 6.54 Å². The van der Waals surface area contributed by atoms with Crippen LogP contribution in [0, 0.1) is 6.92 Å². The number of hydrogen-bond acceptors (Lipinski definition) is 6. The maximum Gasteiger partial charge on any atom is 0.254 e. The van der Waals surface area contributed by atoms with Gasteiger partial charge in [-0.2, -0.15) is 14.6 Å². The summed E-state index contributed by atoms with van der Waals surface area (Å²) in [7, 11) is 1.60. The highest BCUT2D eigenvalue weighted by Crippen LogP contribution is 2.22. The van der Waals surface area contributed by atoms with Gasteiger partial charge in [0.2, 0.25) is 0 Å². The van der Waals surface area contributed by atoms with Gasteiger partial charge in [-0.25, -0.2) is 4.98 Å². The zero-order valence-electron chi connectivity index (χ0n) is 11.9. The molecule has 0 saturated heterocycles. The van der Waals surface area contributed by atoms with Crippen LogP contribution < -0.4 is 15.8 Å². The molecule has 0 aliphatic carbocycles. The van der Waals surface area contributed by atoms with Gasteiger partial charge in [0.05, 0.1) is 12.8 Å². The van der Waals surface area contributed by atoms with Crippen LogP contribution in [0.5, 0.6) is 5.75 Å². The molecule has 0 unspecified atom stereocenters. The van der Waals surface area contributed by atoms with E-state index in [9.17, 15) is 0 Å². The SMILES string of the molecule is COc1ccc(CNc2cc(C)nc3ncnn23)cc1N. The van der Waals surface area contributed by atoms with E-state index in [4.69, 9.17) is 10.5 Å². The second-order valence-electron chi connectivity index (χ2n) is 4.68. The minimum Gasteiger partial charge on any atom is -0.495 e. The zero-order valence-corrected chi connectivity index (χ0v) is 11.9. The summed E-state index contributed by atoms with van der Waals surface area (Å²) in [6, 6.07) is 7.64. The van der Waals surface area contributed by atoms with Gasteiger partial charge in [0.25, 0.3) is 5.78 Å². The molecule has 1 aromatic carbocycles. The number of hydrogen-bond donors (Lipinski definition) is 2. The van der Waals surface area contributed by atoms with Crippen LogP contribution in [0.25, 0.3) is 5.78 Å². The molecule has 0 spiro atoms. The van der Waals surface area contributed by atoms with Crippen LogP contribution in [0.1, 0.15) is 11.3 Å². The summed E-state index contributed by atoms with van der Waals surface area (Å²) in [6.07, 6.45) is 1.48. The summed E-state index contributed by atoms with van der Waals surface area (Å²) in [4.78, 5) is 8.40. The van der Waals surface area contributed by atoms with Gasteiger partial charge in [-0.1, -0.05) is 6.07 Å². The van der Waals surface area contributed by atoms with Crippen molar-refractivity contribution in [2.75, 3.05) is 18.2 Å². The summed E-state index contributed by atoms with van der Waals surface area (Å²) >= 11 is 0. The number of anilines is 2. The van der Waals surface area contributed by atoms with E-state index in [-0.39, 0.29) is 0 Å². The third-order valence-electron chi connectivity index (χ3n) is 3.15. The van der Waals surface area contributed by atoms with Crippen molar-refractivity contribution in [3.05, 3.63) is 41.9 Å². The molecule has 0 atom stereocenters. The topological polar surface area (TPSA) is 90.4 Å². The number of nitrogen functional groups attached to an aromatic ring is 1. The molecule has 2 heterocycles. The number of nitrogens with one attached hydrogen (secondary N) is 1. The fraction of sp³-hybridized carbons (Fsp3) is 0.214. The Bertz CT molecular complexity index is 782. The lowest BCUT2D eigenvalue weighted by Crippen LogP contribution is -2.07. The van der Waals surface area contributed by atoms with Crippen molar-refractivity contribution in [2.24, 2.45) is 0 Å². The highest BCUT2D eigenvalue weighted by atomic mass is 16.5. The molecule has 7 nitrogen and oxygen atoms in total. The number of ether oxygens (including phenoxy) is 1. The van der Waals surface area contributed by atoms with Crippen molar-refractivity contribution < 1.29 is 4.74 Å². The lowest BCUT2D eigenvalue weighted by atomic mass is 10.2. The van der Waals surface area contributed by atoms with E-state index in [1.165, 1.54) is 6.33 Å². The van der Waals surface area contributed by atoms with Crippen molar-refractivity contribution in [3.8, 4) is 5.75 Å². The highest BCUT2D eigenvalue weighted by molar-refractivity contribution is 5.55. The van der Waals surface area contributed by atoms with Gasteiger partial charge in [0.15, 0.2) is 0 Å². The molecule has 3 aromatic rings. The first kappa shape index (κ1) is 13.2. The van der Waals surface area contributed by atoms with Gasteiger partial charge in [-0.3, -0.25) is 0 Å². The summed E-state index contributed by atoms with van der Waals surface area (Å²) in [5, 5.41) is 7.47. The number of aromatic nitrogens is 4. The fourth-order valence-electron chi connectivity index (χ4n) is 2.14. The number of benzene rings is 1. The first-order chi connectivity index (χ1) is 10.2. The van der Waals surface area contributed by atoms with Crippen LogP contribution in [-0.4, -0.2) is 26.7 Å². The zero-order chi connectivity index (χ0) is 14.8. The molecule has 0 aliphatic rings. The summed E-state index contributed by atoms with van der Waals surface area (Å²) in [5.74, 6) is 2.09. The van der Waals surface area contributed by atoms with E-state index in [0.717, 1.165) is 17.1 Å². The van der Waals surface area contributed by atoms with Gasteiger partial charge in [0, 0.05) is 18.3 Å². The van der Waals surface area contributed by atoms with Gasteiger partial charge in [-0.05, 0) is 24.6 Å². The van der Waals surface area contributed by atoms with Gasteiger partial charge < -0.3 is 15.8 Å². The Morgan fingerprint density at radius 1 is 1.33 bits per heavy atom. The summed E-state index contributed by atoms with van der Waals surface area (Å²) in [6.45, 7) is 2.54. The predicted molar refractivity (Wildman–Crippen MR) is 80.3 cm³/mol. The minimum absolute atomic E-state index is 0.576. The third kappa shape index (κ3) is 2.58. The number of methoxy groups -OCH3 is 1. The molecule has 3 rings (SSSR count). The molecular formula is C14H16N6O. The smallest absolute Gasteiger partial charge is 0.254 e. The van der Waals surface area contributed by atoms with E-state index in [1.807, 2.05) is 31.2 Å². The Balaban J connectivity index is 1.83. The Labute approximate surface area is 121 Å². The van der Waals surface area contributed by atoms with Crippen LogP contribution in [0.2, 0.25) is 0 Å². The first-order valence-electron chi connectivity index (χ1n) is 6.51. The molecule has 0 radical (unpaired) electrons. The number of nitrogens with zero attached hydrogens (tertiary/aromatic N) is 4. The monoisotopic (exact) mass is 284 g/mol. The van der Waals surface area contributed by atoms with E-state index in [1.54, 1.807) is 11.6 Å². The Morgan fingerprint density at radius 3 is 2.95 bits per heavy atom. The molecular weight excluding hydrogens is 268 g/mol. The molecule has 3 N–H and O–H groups in total. The van der Waals surface area contributed by atoms with Crippen molar-refractivity contribution >= 4 is 17.3 Å². The molecule has 0 saturated carbocycles. The molecule has 0 bridgehead atoms. The summed E-state index contributed by atoms with van der Waals surface area (Å²) in [5.41, 5.74) is 8.46. The molecule has 108 valence electrons. The average molecular weight is 284 g/mol. The molecule has 2 aromatic heterocycles. The van der Waals surface area contributed by atoms with E-state index < -0.39 is 0 Å². The van der Waals surface area contributed by atoms with Crippen LogP contribution in [0.3, 0.4) is 0 Å². The summed E-state index contributed by atoms with van der Waals surface area (Å²) < 4.78 is 6.82. The maximum atomic E-state index is 5.91. The number of rotatable bonds is 4. The molecule has 0 aliphatic heterocycles.